The van der Waals surface area contributed by atoms with Crippen LogP contribution in [-0.2, 0) is 6.42 Å². The van der Waals surface area contributed by atoms with Gasteiger partial charge in [0.2, 0.25) is 0 Å². The highest BCUT2D eigenvalue weighted by Gasteiger charge is 2.37. The fourth-order valence-corrected chi connectivity index (χ4v) is 4.70. The van der Waals surface area contributed by atoms with Crippen LogP contribution in [0.2, 0.25) is 0 Å². The topological polar surface area (TPSA) is 50.9 Å². The van der Waals surface area contributed by atoms with Gasteiger partial charge in [0.15, 0.2) is 0 Å². The Morgan fingerprint density at radius 2 is 2.29 bits per heavy atom. The molecule has 3 N–H and O–H groups in total. The Hall–Kier alpha value is -0.100. The molecule has 0 saturated carbocycles. The third kappa shape index (κ3) is 2.84. The van der Waals surface area contributed by atoms with Gasteiger partial charge in [0, 0.05) is 22.1 Å². The van der Waals surface area contributed by atoms with Gasteiger partial charge in [0.1, 0.15) is 0 Å². The zero-order valence-electron chi connectivity index (χ0n) is 10.7. The van der Waals surface area contributed by atoms with Crippen molar-refractivity contribution < 1.29 is 0 Å². The van der Waals surface area contributed by atoms with Gasteiger partial charge in [-0.15, -0.1) is 11.3 Å². The molecule has 0 aromatic carbocycles. The van der Waals surface area contributed by atoms with E-state index in [9.17, 15) is 0 Å². The Bertz CT molecular complexity index is 364. The van der Waals surface area contributed by atoms with Crippen LogP contribution in [0.3, 0.4) is 0 Å². The Morgan fingerprint density at radius 1 is 1.53 bits per heavy atom. The van der Waals surface area contributed by atoms with Crippen LogP contribution in [-0.4, -0.2) is 21.5 Å². The zero-order chi connectivity index (χ0) is 12.5. The van der Waals surface area contributed by atoms with Gasteiger partial charge in [0.25, 0.3) is 0 Å². The second-order valence-electron chi connectivity index (χ2n) is 4.94. The number of aryl methyl sites for hydroxylation is 2. The van der Waals surface area contributed by atoms with Gasteiger partial charge in [0.05, 0.1) is 10.7 Å². The van der Waals surface area contributed by atoms with Crippen LogP contribution < -0.4 is 11.3 Å². The molecule has 1 fully saturated rings. The van der Waals surface area contributed by atoms with Crippen molar-refractivity contribution in [2.24, 2.45) is 5.84 Å². The first-order valence-electron chi connectivity index (χ1n) is 6.08. The van der Waals surface area contributed by atoms with E-state index in [4.69, 9.17) is 5.84 Å². The minimum absolute atomic E-state index is 0.266. The highest BCUT2D eigenvalue weighted by molar-refractivity contribution is 8.00. The highest BCUT2D eigenvalue weighted by atomic mass is 32.2. The van der Waals surface area contributed by atoms with Crippen molar-refractivity contribution in [3.63, 3.8) is 0 Å². The summed E-state index contributed by atoms with van der Waals surface area (Å²) in [5, 5.41) is 1.21. The Labute approximate surface area is 112 Å². The number of rotatable bonds is 4. The number of thiazole rings is 1. The van der Waals surface area contributed by atoms with E-state index in [1.165, 1.54) is 28.5 Å². The molecule has 0 bridgehead atoms. The smallest absolute Gasteiger partial charge is 0.0947 e. The fraction of sp³-hybridized carbons (Fsp3) is 0.750. The number of thioether (sulfide) groups is 1. The van der Waals surface area contributed by atoms with Crippen LogP contribution in [0.5, 0.6) is 0 Å². The van der Waals surface area contributed by atoms with Gasteiger partial charge in [-0.05, 0) is 39.4 Å². The molecule has 0 spiro atoms. The molecule has 0 aliphatic carbocycles. The van der Waals surface area contributed by atoms with Gasteiger partial charge in [-0.3, -0.25) is 11.3 Å². The molecule has 2 heterocycles. The summed E-state index contributed by atoms with van der Waals surface area (Å²) in [7, 11) is 0. The lowest BCUT2D eigenvalue weighted by molar-refractivity contribution is 0.405. The molecule has 0 amide bonds. The Kier molecular flexibility index (Phi) is 4.13. The number of hydrogen-bond acceptors (Lipinski definition) is 5. The van der Waals surface area contributed by atoms with Crippen LogP contribution in [0.1, 0.15) is 35.3 Å². The number of hydrogen-bond donors (Lipinski definition) is 2. The first-order valence-corrected chi connectivity index (χ1v) is 7.88. The molecule has 1 aromatic heterocycles. The molecule has 2 unspecified atom stereocenters. The molecule has 2 rings (SSSR count). The summed E-state index contributed by atoms with van der Waals surface area (Å²) in [6.45, 7) is 6.53. The summed E-state index contributed by atoms with van der Waals surface area (Å²) in [5.41, 5.74) is 4.16. The summed E-state index contributed by atoms with van der Waals surface area (Å²) in [4.78, 5) is 5.93. The van der Waals surface area contributed by atoms with E-state index in [0.29, 0.717) is 6.04 Å². The summed E-state index contributed by atoms with van der Waals surface area (Å²) >= 11 is 3.84. The first-order chi connectivity index (χ1) is 8.05. The van der Waals surface area contributed by atoms with E-state index >= 15 is 0 Å². The fourth-order valence-electron chi connectivity index (χ4n) is 2.33. The molecular formula is C12H21N3S2. The molecule has 3 nitrogen and oxygen atoms in total. The van der Waals surface area contributed by atoms with Crippen molar-refractivity contribution in [1.29, 1.82) is 0 Å². The largest absolute Gasteiger partial charge is 0.271 e. The monoisotopic (exact) mass is 271 g/mol. The van der Waals surface area contributed by atoms with Crippen LogP contribution in [0.15, 0.2) is 0 Å². The maximum Gasteiger partial charge on any atom is 0.0947 e. The predicted octanol–water partition coefficient (Wildman–Crippen LogP) is 2.42. The molecular weight excluding hydrogens is 250 g/mol. The van der Waals surface area contributed by atoms with Gasteiger partial charge in [-0.25, -0.2) is 4.98 Å². The van der Waals surface area contributed by atoms with Crippen LogP contribution in [0.25, 0.3) is 0 Å². The van der Waals surface area contributed by atoms with Crippen molar-refractivity contribution >= 4 is 23.1 Å². The van der Waals surface area contributed by atoms with Gasteiger partial charge >= 0.3 is 0 Å². The van der Waals surface area contributed by atoms with E-state index in [1.807, 2.05) is 11.8 Å². The van der Waals surface area contributed by atoms with Gasteiger partial charge < -0.3 is 0 Å². The van der Waals surface area contributed by atoms with E-state index < -0.39 is 0 Å². The maximum atomic E-state index is 5.74. The normalized spacial score (nSPS) is 26.4. The van der Waals surface area contributed by atoms with Crippen molar-refractivity contribution in [1.82, 2.24) is 10.4 Å². The van der Waals surface area contributed by atoms with E-state index in [0.717, 1.165) is 12.1 Å². The first kappa shape index (κ1) is 13.3. The third-order valence-electron chi connectivity index (χ3n) is 3.64. The molecule has 96 valence electrons. The molecule has 17 heavy (non-hydrogen) atoms. The third-order valence-corrected chi connectivity index (χ3v) is 6.38. The van der Waals surface area contributed by atoms with Crippen LogP contribution >= 0.6 is 23.1 Å². The van der Waals surface area contributed by atoms with Crippen molar-refractivity contribution in [2.75, 3.05) is 5.75 Å². The molecule has 1 saturated heterocycles. The summed E-state index contributed by atoms with van der Waals surface area (Å²) in [6.07, 6.45) is 3.49. The molecule has 1 aromatic rings. The quantitative estimate of drug-likeness (QED) is 0.652. The summed E-state index contributed by atoms with van der Waals surface area (Å²) < 4.78 is 0.266. The van der Waals surface area contributed by atoms with E-state index in [-0.39, 0.29) is 4.75 Å². The predicted molar refractivity (Wildman–Crippen MR) is 76.5 cm³/mol. The minimum Gasteiger partial charge on any atom is -0.271 e. The minimum atomic E-state index is 0.266. The van der Waals surface area contributed by atoms with E-state index in [2.05, 4.69) is 31.2 Å². The van der Waals surface area contributed by atoms with Gasteiger partial charge in [-0.2, -0.15) is 11.8 Å². The average molecular weight is 271 g/mol. The molecule has 2 atom stereocenters. The zero-order valence-corrected chi connectivity index (χ0v) is 12.4. The number of nitrogens with two attached hydrogens (primary N) is 1. The van der Waals surface area contributed by atoms with Gasteiger partial charge in [-0.1, -0.05) is 0 Å². The summed E-state index contributed by atoms with van der Waals surface area (Å²) in [5.74, 6) is 7.00. The Balaban J connectivity index is 2.09. The van der Waals surface area contributed by atoms with E-state index in [1.54, 1.807) is 11.3 Å². The van der Waals surface area contributed by atoms with Crippen LogP contribution in [0, 0.1) is 13.8 Å². The van der Waals surface area contributed by atoms with Crippen molar-refractivity contribution in [3.05, 3.63) is 15.6 Å². The standard InChI is InChI=1S/C12H21N3S2/c1-8-9(2)17-11(14-8)7-10(15-13)12(3)5-4-6-16-12/h10,15H,4-7,13H2,1-3H3. The second-order valence-corrected chi connectivity index (χ2v) is 7.85. The lowest BCUT2D eigenvalue weighted by Crippen LogP contribution is -2.49. The number of nitrogens with one attached hydrogen (secondary N) is 1. The molecule has 0 radical (unpaired) electrons. The number of nitrogens with zero attached hydrogens (tertiary/aromatic N) is 1. The number of aromatic nitrogens is 1. The Morgan fingerprint density at radius 3 is 2.76 bits per heavy atom. The maximum absolute atomic E-state index is 5.74. The van der Waals surface area contributed by atoms with Crippen LogP contribution in [0.4, 0.5) is 0 Å². The molecule has 5 heteroatoms. The molecule has 1 aliphatic heterocycles. The average Bonchev–Trinajstić information content (AvgIpc) is 2.84. The second kappa shape index (κ2) is 5.26. The molecule has 1 aliphatic rings. The highest BCUT2D eigenvalue weighted by Crippen LogP contribution is 2.41. The number of hydrazine groups is 1. The lowest BCUT2D eigenvalue weighted by Gasteiger charge is -2.32. The lowest BCUT2D eigenvalue weighted by atomic mass is 9.94. The SMILES string of the molecule is Cc1nc(CC(NN)C2(C)CCCS2)sc1C. The summed E-state index contributed by atoms with van der Waals surface area (Å²) in [6, 6.07) is 0.319. The van der Waals surface area contributed by atoms with Crippen molar-refractivity contribution in [2.45, 2.75) is 50.8 Å². The van der Waals surface area contributed by atoms with Crippen molar-refractivity contribution in [3.8, 4) is 0 Å².